The summed E-state index contributed by atoms with van der Waals surface area (Å²) in [7, 11) is 0. The summed E-state index contributed by atoms with van der Waals surface area (Å²) in [5.41, 5.74) is 5.46. The quantitative estimate of drug-likeness (QED) is 0.685. The molecule has 5 nitrogen and oxygen atoms in total. The van der Waals surface area contributed by atoms with Crippen LogP contribution in [0.3, 0.4) is 0 Å². The van der Waals surface area contributed by atoms with Crippen LogP contribution in [0, 0.1) is 5.92 Å². The number of nitrogens with two attached hydrogens (primary N) is 1. The van der Waals surface area contributed by atoms with Crippen molar-refractivity contribution in [1.82, 2.24) is 10.6 Å². The Labute approximate surface area is 114 Å². The summed E-state index contributed by atoms with van der Waals surface area (Å²) < 4.78 is 0. The zero-order chi connectivity index (χ0) is 13.9. The molecule has 2 fully saturated rings. The largest absolute Gasteiger partial charge is 0.354 e. The standard InChI is InChI=1S/C14H25N3O2/c1-10-3-2-7-14(15,9-10)13(19)16-8-6-12(18)17-11-4-5-11/h10-11H,2-9,15H2,1H3,(H,16,19)(H,17,18). The Morgan fingerprint density at radius 3 is 2.68 bits per heavy atom. The number of nitrogens with one attached hydrogen (secondary N) is 2. The molecule has 2 saturated carbocycles. The van der Waals surface area contributed by atoms with E-state index in [0.29, 0.717) is 24.9 Å². The average Bonchev–Trinajstić information content (AvgIpc) is 3.12. The van der Waals surface area contributed by atoms with Crippen molar-refractivity contribution in [3.05, 3.63) is 0 Å². The second kappa shape index (κ2) is 5.90. The van der Waals surface area contributed by atoms with Crippen molar-refractivity contribution in [3.8, 4) is 0 Å². The van der Waals surface area contributed by atoms with Crippen LogP contribution in [0.5, 0.6) is 0 Å². The first kappa shape index (κ1) is 14.3. The molecule has 0 bridgehead atoms. The van der Waals surface area contributed by atoms with Gasteiger partial charge in [-0.3, -0.25) is 9.59 Å². The van der Waals surface area contributed by atoms with Gasteiger partial charge in [0.25, 0.3) is 0 Å². The fourth-order valence-electron chi connectivity index (χ4n) is 2.79. The number of amides is 2. The molecule has 0 aromatic rings. The lowest BCUT2D eigenvalue weighted by Gasteiger charge is -2.35. The molecule has 2 aliphatic rings. The lowest BCUT2D eigenvalue weighted by molar-refractivity contribution is -0.128. The SMILES string of the molecule is CC1CCCC(N)(C(=O)NCCC(=O)NC2CC2)C1. The fourth-order valence-corrected chi connectivity index (χ4v) is 2.79. The molecule has 2 unspecified atom stereocenters. The lowest BCUT2D eigenvalue weighted by atomic mass is 9.76. The van der Waals surface area contributed by atoms with E-state index in [4.69, 9.17) is 5.73 Å². The van der Waals surface area contributed by atoms with Crippen LogP contribution in [-0.4, -0.2) is 29.9 Å². The summed E-state index contributed by atoms with van der Waals surface area (Å²) in [6, 6.07) is 0.378. The zero-order valence-electron chi connectivity index (χ0n) is 11.7. The zero-order valence-corrected chi connectivity index (χ0v) is 11.7. The summed E-state index contributed by atoms with van der Waals surface area (Å²) in [4.78, 5) is 23.6. The average molecular weight is 267 g/mol. The molecule has 0 saturated heterocycles. The summed E-state index contributed by atoms with van der Waals surface area (Å²) in [6.45, 7) is 2.52. The topological polar surface area (TPSA) is 84.2 Å². The third-order valence-corrected chi connectivity index (χ3v) is 4.06. The van der Waals surface area contributed by atoms with Gasteiger partial charge < -0.3 is 16.4 Å². The first-order valence-electron chi connectivity index (χ1n) is 7.36. The van der Waals surface area contributed by atoms with E-state index in [1.807, 2.05) is 0 Å². The number of hydrogen-bond acceptors (Lipinski definition) is 3. The third-order valence-electron chi connectivity index (χ3n) is 4.06. The van der Waals surface area contributed by atoms with Crippen LogP contribution in [0.4, 0.5) is 0 Å². The van der Waals surface area contributed by atoms with Gasteiger partial charge in [0.15, 0.2) is 0 Å². The molecule has 2 amide bonds. The Morgan fingerprint density at radius 1 is 1.32 bits per heavy atom. The molecular weight excluding hydrogens is 242 g/mol. The Balaban J connectivity index is 1.69. The van der Waals surface area contributed by atoms with Crippen molar-refractivity contribution in [3.63, 3.8) is 0 Å². The predicted molar refractivity (Wildman–Crippen MR) is 73.3 cm³/mol. The van der Waals surface area contributed by atoms with E-state index in [1.165, 1.54) is 0 Å². The summed E-state index contributed by atoms with van der Waals surface area (Å²) >= 11 is 0. The van der Waals surface area contributed by atoms with Gasteiger partial charge in [-0.15, -0.1) is 0 Å². The van der Waals surface area contributed by atoms with Gasteiger partial charge >= 0.3 is 0 Å². The molecule has 0 aromatic heterocycles. The van der Waals surface area contributed by atoms with Crippen LogP contribution in [-0.2, 0) is 9.59 Å². The molecule has 2 aliphatic carbocycles. The van der Waals surface area contributed by atoms with Crippen molar-refractivity contribution in [2.45, 2.75) is 63.5 Å². The molecule has 108 valence electrons. The van der Waals surface area contributed by atoms with Crippen LogP contribution < -0.4 is 16.4 Å². The molecule has 19 heavy (non-hydrogen) atoms. The first-order chi connectivity index (χ1) is 8.99. The third kappa shape index (κ3) is 4.20. The van der Waals surface area contributed by atoms with E-state index in [1.54, 1.807) is 0 Å². The highest BCUT2D eigenvalue weighted by Gasteiger charge is 2.37. The minimum absolute atomic E-state index is 0.0193. The smallest absolute Gasteiger partial charge is 0.240 e. The Hall–Kier alpha value is -1.10. The molecule has 2 atom stereocenters. The number of carbonyl (C=O) groups excluding carboxylic acids is 2. The maximum atomic E-state index is 12.1. The fraction of sp³-hybridized carbons (Fsp3) is 0.857. The van der Waals surface area contributed by atoms with Gasteiger partial charge in [0.05, 0.1) is 5.54 Å². The van der Waals surface area contributed by atoms with Crippen molar-refractivity contribution >= 4 is 11.8 Å². The van der Waals surface area contributed by atoms with Crippen LogP contribution in [0.25, 0.3) is 0 Å². The van der Waals surface area contributed by atoms with Crippen LogP contribution in [0.1, 0.15) is 51.9 Å². The van der Waals surface area contributed by atoms with Crippen molar-refractivity contribution in [2.75, 3.05) is 6.54 Å². The second-order valence-corrected chi connectivity index (χ2v) is 6.21. The van der Waals surface area contributed by atoms with Gasteiger partial charge in [0, 0.05) is 19.0 Å². The van der Waals surface area contributed by atoms with E-state index >= 15 is 0 Å². The molecule has 0 heterocycles. The molecule has 2 rings (SSSR count). The second-order valence-electron chi connectivity index (χ2n) is 6.21. The molecule has 0 radical (unpaired) electrons. The minimum Gasteiger partial charge on any atom is -0.354 e. The summed E-state index contributed by atoms with van der Waals surface area (Å²) in [6.07, 6.45) is 6.16. The van der Waals surface area contributed by atoms with Gasteiger partial charge in [0.1, 0.15) is 0 Å². The van der Waals surface area contributed by atoms with Gasteiger partial charge in [-0.05, 0) is 31.6 Å². The van der Waals surface area contributed by atoms with Crippen LogP contribution in [0.2, 0.25) is 0 Å². The van der Waals surface area contributed by atoms with E-state index in [0.717, 1.165) is 38.5 Å². The maximum Gasteiger partial charge on any atom is 0.240 e. The molecular formula is C14H25N3O2. The number of hydrogen-bond donors (Lipinski definition) is 3. The lowest BCUT2D eigenvalue weighted by Crippen LogP contribution is -2.56. The first-order valence-corrected chi connectivity index (χ1v) is 7.36. The van der Waals surface area contributed by atoms with E-state index in [2.05, 4.69) is 17.6 Å². The Morgan fingerprint density at radius 2 is 2.05 bits per heavy atom. The molecule has 0 spiro atoms. The molecule has 4 N–H and O–H groups in total. The normalized spacial score (nSPS) is 30.7. The van der Waals surface area contributed by atoms with Crippen molar-refractivity contribution < 1.29 is 9.59 Å². The van der Waals surface area contributed by atoms with Crippen molar-refractivity contribution in [1.29, 1.82) is 0 Å². The Kier molecular flexibility index (Phi) is 4.45. The van der Waals surface area contributed by atoms with Crippen LogP contribution >= 0.6 is 0 Å². The van der Waals surface area contributed by atoms with Gasteiger partial charge in [-0.2, -0.15) is 0 Å². The van der Waals surface area contributed by atoms with Gasteiger partial charge in [-0.25, -0.2) is 0 Å². The van der Waals surface area contributed by atoms with E-state index < -0.39 is 5.54 Å². The highest BCUT2D eigenvalue weighted by molar-refractivity contribution is 5.86. The van der Waals surface area contributed by atoms with Crippen LogP contribution in [0.15, 0.2) is 0 Å². The molecule has 5 heteroatoms. The highest BCUT2D eigenvalue weighted by atomic mass is 16.2. The molecule has 0 aliphatic heterocycles. The van der Waals surface area contributed by atoms with Gasteiger partial charge in [0.2, 0.25) is 11.8 Å². The summed E-state index contributed by atoms with van der Waals surface area (Å²) in [5.74, 6) is 0.423. The number of rotatable bonds is 5. The molecule has 0 aromatic carbocycles. The van der Waals surface area contributed by atoms with E-state index in [-0.39, 0.29) is 11.8 Å². The maximum absolute atomic E-state index is 12.1. The highest BCUT2D eigenvalue weighted by Crippen LogP contribution is 2.30. The monoisotopic (exact) mass is 267 g/mol. The van der Waals surface area contributed by atoms with E-state index in [9.17, 15) is 9.59 Å². The predicted octanol–water partition coefficient (Wildman–Crippen LogP) is 0.679. The Bertz CT molecular complexity index is 355. The van der Waals surface area contributed by atoms with Crippen molar-refractivity contribution in [2.24, 2.45) is 11.7 Å². The van der Waals surface area contributed by atoms with Gasteiger partial charge in [-0.1, -0.05) is 19.8 Å². The summed E-state index contributed by atoms with van der Waals surface area (Å²) in [5, 5.41) is 5.72. The number of carbonyl (C=O) groups is 2. The minimum atomic E-state index is -0.732.